The van der Waals surface area contributed by atoms with E-state index in [1.807, 2.05) is 6.92 Å². The number of hydrogen-bond donors (Lipinski definition) is 0. The van der Waals surface area contributed by atoms with Crippen molar-refractivity contribution in [1.29, 1.82) is 0 Å². The van der Waals surface area contributed by atoms with Crippen LogP contribution in [0.15, 0.2) is 6.20 Å². The zero-order valence-electron chi connectivity index (χ0n) is 4.84. The third kappa shape index (κ3) is 0.980. The normalized spacial score (nSPS) is 9.25. The monoisotopic (exact) mass is 129 g/mol. The molecule has 0 radical (unpaired) electrons. The van der Waals surface area contributed by atoms with E-state index < -0.39 is 0 Å². The van der Waals surface area contributed by atoms with Crippen LogP contribution < -0.4 is 4.74 Å². The molecule has 0 atom stereocenters. The molecule has 0 aliphatic rings. The molecule has 8 heavy (non-hydrogen) atoms. The van der Waals surface area contributed by atoms with Crippen molar-refractivity contribution in [1.82, 2.24) is 4.98 Å². The largest absolute Gasteiger partial charge is 0.473 e. The van der Waals surface area contributed by atoms with Crippen molar-refractivity contribution in [2.45, 2.75) is 6.92 Å². The van der Waals surface area contributed by atoms with E-state index in [0.29, 0.717) is 0 Å². The summed E-state index contributed by atoms with van der Waals surface area (Å²) >= 11 is 1.55. The van der Waals surface area contributed by atoms with Crippen LogP contribution in [0.5, 0.6) is 5.19 Å². The van der Waals surface area contributed by atoms with Crippen LogP contribution >= 0.6 is 11.3 Å². The number of aryl methyl sites for hydroxylation is 1. The van der Waals surface area contributed by atoms with Gasteiger partial charge in [-0.2, -0.15) is 0 Å². The summed E-state index contributed by atoms with van der Waals surface area (Å²) in [5.74, 6) is 0. The number of thiazole rings is 1. The maximum atomic E-state index is 4.84. The van der Waals surface area contributed by atoms with Crippen LogP contribution in [0.3, 0.4) is 0 Å². The molecule has 0 amide bonds. The molecule has 1 heterocycles. The zero-order valence-corrected chi connectivity index (χ0v) is 5.66. The first kappa shape index (κ1) is 5.56. The standard InChI is InChI=1S/C5H7NOS/c1-4-3-6-5(7-2)8-4/h3H,1-2H3. The fraction of sp³-hybridized carbons (Fsp3) is 0.400. The molecule has 1 aromatic heterocycles. The van der Waals surface area contributed by atoms with E-state index in [9.17, 15) is 0 Å². The van der Waals surface area contributed by atoms with E-state index in [2.05, 4.69) is 4.98 Å². The highest BCUT2D eigenvalue weighted by Crippen LogP contribution is 2.17. The summed E-state index contributed by atoms with van der Waals surface area (Å²) in [7, 11) is 1.62. The van der Waals surface area contributed by atoms with E-state index in [0.717, 1.165) is 5.19 Å². The fourth-order valence-electron chi connectivity index (χ4n) is 0.428. The Morgan fingerprint density at radius 1 is 1.75 bits per heavy atom. The highest BCUT2D eigenvalue weighted by Gasteiger charge is 1.92. The van der Waals surface area contributed by atoms with Crippen LogP contribution in [-0.2, 0) is 0 Å². The van der Waals surface area contributed by atoms with Gasteiger partial charge in [0.1, 0.15) is 0 Å². The predicted molar refractivity (Wildman–Crippen MR) is 33.4 cm³/mol. The van der Waals surface area contributed by atoms with Gasteiger partial charge in [0, 0.05) is 11.1 Å². The molecule has 0 N–H and O–H groups in total. The molecule has 0 fully saturated rings. The van der Waals surface area contributed by atoms with Gasteiger partial charge in [0.15, 0.2) is 0 Å². The molecule has 2 nitrogen and oxygen atoms in total. The second kappa shape index (κ2) is 2.13. The minimum Gasteiger partial charge on any atom is -0.473 e. The van der Waals surface area contributed by atoms with Gasteiger partial charge in [-0.25, -0.2) is 4.98 Å². The number of aromatic nitrogens is 1. The first-order chi connectivity index (χ1) is 3.83. The molecular weight excluding hydrogens is 122 g/mol. The second-order valence-electron chi connectivity index (χ2n) is 1.44. The van der Waals surface area contributed by atoms with Crippen molar-refractivity contribution in [2.75, 3.05) is 7.11 Å². The zero-order chi connectivity index (χ0) is 5.98. The fourth-order valence-corrected chi connectivity index (χ4v) is 0.998. The average molecular weight is 129 g/mol. The molecule has 0 unspecified atom stereocenters. The van der Waals surface area contributed by atoms with Crippen molar-refractivity contribution in [3.8, 4) is 5.19 Å². The van der Waals surface area contributed by atoms with Gasteiger partial charge >= 0.3 is 0 Å². The van der Waals surface area contributed by atoms with E-state index in [1.54, 1.807) is 24.6 Å². The van der Waals surface area contributed by atoms with E-state index in [-0.39, 0.29) is 0 Å². The Bertz CT molecular complexity index is 173. The Labute approximate surface area is 52.1 Å². The topological polar surface area (TPSA) is 22.1 Å². The Balaban J connectivity index is 2.84. The third-order valence-corrected chi connectivity index (χ3v) is 1.65. The molecule has 0 spiro atoms. The first-order valence-corrected chi connectivity index (χ1v) is 3.11. The van der Waals surface area contributed by atoms with Crippen molar-refractivity contribution in [2.24, 2.45) is 0 Å². The summed E-state index contributed by atoms with van der Waals surface area (Å²) in [4.78, 5) is 5.11. The van der Waals surface area contributed by atoms with E-state index in [4.69, 9.17) is 4.74 Å². The minimum absolute atomic E-state index is 0.738. The SMILES string of the molecule is COc1ncc(C)s1. The van der Waals surface area contributed by atoms with Crippen LogP contribution in [-0.4, -0.2) is 12.1 Å². The lowest BCUT2D eigenvalue weighted by Crippen LogP contribution is -1.76. The van der Waals surface area contributed by atoms with E-state index >= 15 is 0 Å². The van der Waals surface area contributed by atoms with Gasteiger partial charge in [-0.05, 0) is 6.92 Å². The summed E-state index contributed by atoms with van der Waals surface area (Å²) in [6.45, 7) is 2.00. The maximum absolute atomic E-state index is 4.84. The van der Waals surface area contributed by atoms with Crippen LogP contribution in [0, 0.1) is 6.92 Å². The van der Waals surface area contributed by atoms with Gasteiger partial charge in [-0.1, -0.05) is 11.3 Å². The van der Waals surface area contributed by atoms with Crippen molar-refractivity contribution >= 4 is 11.3 Å². The Kier molecular flexibility index (Phi) is 1.48. The first-order valence-electron chi connectivity index (χ1n) is 2.29. The molecule has 0 aliphatic carbocycles. The molecule has 0 bridgehead atoms. The molecule has 0 saturated carbocycles. The molecule has 0 aromatic carbocycles. The summed E-state index contributed by atoms with van der Waals surface area (Å²) in [6.07, 6.45) is 1.80. The van der Waals surface area contributed by atoms with Crippen molar-refractivity contribution in [3.63, 3.8) is 0 Å². The second-order valence-corrected chi connectivity index (χ2v) is 2.64. The number of methoxy groups -OCH3 is 1. The minimum atomic E-state index is 0.738. The van der Waals surface area contributed by atoms with Crippen molar-refractivity contribution < 1.29 is 4.74 Å². The molecule has 1 aromatic rings. The van der Waals surface area contributed by atoms with Gasteiger partial charge in [-0.15, -0.1) is 0 Å². The average Bonchev–Trinajstić information content (AvgIpc) is 2.14. The van der Waals surface area contributed by atoms with Crippen molar-refractivity contribution in [3.05, 3.63) is 11.1 Å². The lowest BCUT2D eigenvalue weighted by atomic mass is 10.7. The van der Waals surface area contributed by atoms with Crippen LogP contribution in [0.4, 0.5) is 0 Å². The molecular formula is C5H7NOS. The number of rotatable bonds is 1. The summed E-state index contributed by atoms with van der Waals surface area (Å²) in [5, 5.41) is 0.738. The van der Waals surface area contributed by atoms with Crippen LogP contribution in [0.2, 0.25) is 0 Å². The Morgan fingerprint density at radius 2 is 2.50 bits per heavy atom. The summed E-state index contributed by atoms with van der Waals surface area (Å²) in [5.41, 5.74) is 0. The van der Waals surface area contributed by atoms with Crippen LogP contribution in [0.25, 0.3) is 0 Å². The van der Waals surface area contributed by atoms with Gasteiger partial charge in [0.2, 0.25) is 0 Å². The summed E-state index contributed by atoms with van der Waals surface area (Å²) < 4.78 is 4.84. The molecule has 1 rings (SSSR count). The number of nitrogens with zero attached hydrogens (tertiary/aromatic N) is 1. The highest BCUT2D eigenvalue weighted by molar-refractivity contribution is 7.13. The molecule has 44 valence electrons. The number of hydrogen-bond acceptors (Lipinski definition) is 3. The van der Waals surface area contributed by atoms with Gasteiger partial charge < -0.3 is 4.74 Å². The number of ether oxygens (including phenoxy) is 1. The predicted octanol–water partition coefficient (Wildman–Crippen LogP) is 1.46. The van der Waals surface area contributed by atoms with Gasteiger partial charge in [-0.3, -0.25) is 0 Å². The Hall–Kier alpha value is -0.570. The smallest absolute Gasteiger partial charge is 0.273 e. The maximum Gasteiger partial charge on any atom is 0.273 e. The third-order valence-electron chi connectivity index (χ3n) is 0.775. The molecule has 0 saturated heterocycles. The van der Waals surface area contributed by atoms with Gasteiger partial charge in [0.25, 0.3) is 5.19 Å². The quantitative estimate of drug-likeness (QED) is 0.572. The highest BCUT2D eigenvalue weighted by atomic mass is 32.1. The molecule has 3 heteroatoms. The van der Waals surface area contributed by atoms with Crippen LogP contribution in [0.1, 0.15) is 4.88 Å². The molecule has 0 aliphatic heterocycles. The lowest BCUT2D eigenvalue weighted by molar-refractivity contribution is 0.412. The van der Waals surface area contributed by atoms with E-state index in [1.165, 1.54) is 4.88 Å². The Morgan fingerprint density at radius 3 is 2.75 bits per heavy atom. The summed E-state index contributed by atoms with van der Waals surface area (Å²) in [6, 6.07) is 0. The lowest BCUT2D eigenvalue weighted by Gasteiger charge is -1.84. The van der Waals surface area contributed by atoms with Gasteiger partial charge in [0.05, 0.1) is 7.11 Å².